The monoisotopic (exact) mass is 338 g/mol. The minimum atomic E-state index is 0.0106. The van der Waals surface area contributed by atoms with Gasteiger partial charge in [-0.2, -0.15) is 0 Å². The maximum absolute atomic E-state index is 12.7. The van der Waals surface area contributed by atoms with Crippen LogP contribution < -0.4 is 5.32 Å². The largest absolute Gasteiger partial charge is 0.349 e. The van der Waals surface area contributed by atoms with Crippen LogP contribution in [0.2, 0.25) is 0 Å². The van der Waals surface area contributed by atoms with Crippen molar-refractivity contribution in [2.24, 2.45) is 0 Å². The van der Waals surface area contributed by atoms with Gasteiger partial charge in [0, 0.05) is 11.2 Å². The first-order chi connectivity index (χ1) is 11.6. The number of amides is 1. The topological polar surface area (TPSA) is 32.3 Å². The van der Waals surface area contributed by atoms with Gasteiger partial charge in [0.05, 0.1) is 10.9 Å². The minimum absolute atomic E-state index is 0.0106. The van der Waals surface area contributed by atoms with E-state index in [0.717, 1.165) is 15.1 Å². The standard InChI is InChI=1S/C20H22N2OS/c1-14-16-11-7-8-12-18(16)24-19(14)20(23)21-13-17(22(2)3)15-9-5-4-6-10-15/h4-12,17H,13H2,1-3H3,(H,21,23). The van der Waals surface area contributed by atoms with Crippen molar-refractivity contribution in [2.75, 3.05) is 20.6 Å². The molecule has 0 aliphatic heterocycles. The molecule has 3 nitrogen and oxygen atoms in total. The van der Waals surface area contributed by atoms with E-state index in [2.05, 4.69) is 34.5 Å². The zero-order valence-electron chi connectivity index (χ0n) is 14.2. The molecule has 0 aliphatic rings. The number of rotatable bonds is 5. The molecule has 0 bridgehead atoms. The molecule has 1 aromatic heterocycles. The molecule has 1 amide bonds. The summed E-state index contributed by atoms with van der Waals surface area (Å²) in [6.45, 7) is 2.61. The maximum Gasteiger partial charge on any atom is 0.261 e. The fourth-order valence-corrected chi connectivity index (χ4v) is 4.06. The van der Waals surface area contributed by atoms with E-state index in [1.165, 1.54) is 10.9 Å². The fourth-order valence-electron chi connectivity index (χ4n) is 2.93. The molecule has 0 aliphatic carbocycles. The molecular weight excluding hydrogens is 316 g/mol. The van der Waals surface area contributed by atoms with Crippen LogP contribution in [-0.2, 0) is 0 Å². The van der Waals surface area contributed by atoms with Crippen LogP contribution in [0.1, 0.15) is 26.8 Å². The lowest BCUT2D eigenvalue weighted by Crippen LogP contribution is -2.34. The number of thiophene rings is 1. The highest BCUT2D eigenvalue weighted by atomic mass is 32.1. The summed E-state index contributed by atoms with van der Waals surface area (Å²) in [5.41, 5.74) is 2.27. The lowest BCUT2D eigenvalue weighted by Gasteiger charge is -2.25. The van der Waals surface area contributed by atoms with Crippen LogP contribution >= 0.6 is 11.3 Å². The minimum Gasteiger partial charge on any atom is -0.349 e. The molecular formula is C20H22N2OS. The van der Waals surface area contributed by atoms with E-state index in [-0.39, 0.29) is 11.9 Å². The first-order valence-corrected chi connectivity index (χ1v) is 8.87. The van der Waals surface area contributed by atoms with Gasteiger partial charge in [0.15, 0.2) is 0 Å². The molecule has 1 N–H and O–H groups in total. The molecule has 4 heteroatoms. The summed E-state index contributed by atoms with van der Waals surface area (Å²) in [4.78, 5) is 15.6. The Morgan fingerprint density at radius 1 is 1.08 bits per heavy atom. The average Bonchev–Trinajstić information content (AvgIpc) is 2.93. The lowest BCUT2D eigenvalue weighted by molar-refractivity contribution is 0.0945. The Balaban J connectivity index is 1.77. The summed E-state index contributed by atoms with van der Waals surface area (Å²) >= 11 is 1.56. The van der Waals surface area contributed by atoms with Gasteiger partial charge in [-0.05, 0) is 43.6 Å². The van der Waals surface area contributed by atoms with Gasteiger partial charge in [-0.1, -0.05) is 48.5 Å². The number of carbonyl (C=O) groups is 1. The zero-order chi connectivity index (χ0) is 17.1. The highest BCUT2D eigenvalue weighted by molar-refractivity contribution is 7.21. The van der Waals surface area contributed by atoms with Gasteiger partial charge in [0.1, 0.15) is 0 Å². The second-order valence-corrected chi connectivity index (χ2v) is 7.20. The Kier molecular flexibility index (Phi) is 4.97. The second kappa shape index (κ2) is 7.16. The van der Waals surface area contributed by atoms with Crippen LogP contribution in [0.5, 0.6) is 0 Å². The van der Waals surface area contributed by atoms with Gasteiger partial charge in [0.2, 0.25) is 0 Å². The first-order valence-electron chi connectivity index (χ1n) is 8.05. The van der Waals surface area contributed by atoms with Gasteiger partial charge >= 0.3 is 0 Å². The molecule has 2 aromatic carbocycles. The molecule has 1 unspecified atom stereocenters. The van der Waals surface area contributed by atoms with Crippen molar-refractivity contribution >= 4 is 27.3 Å². The summed E-state index contributed by atoms with van der Waals surface area (Å²) in [5.74, 6) is 0.0106. The summed E-state index contributed by atoms with van der Waals surface area (Å²) in [5, 5.41) is 4.28. The molecule has 1 heterocycles. The Bertz CT molecular complexity index is 839. The van der Waals surface area contributed by atoms with Crippen LogP contribution in [0, 0.1) is 6.92 Å². The van der Waals surface area contributed by atoms with Crippen molar-refractivity contribution in [2.45, 2.75) is 13.0 Å². The highest BCUT2D eigenvalue weighted by Gasteiger charge is 2.18. The predicted molar refractivity (Wildman–Crippen MR) is 102 cm³/mol. The Morgan fingerprint density at radius 3 is 2.42 bits per heavy atom. The van der Waals surface area contributed by atoms with Crippen molar-refractivity contribution in [1.29, 1.82) is 0 Å². The van der Waals surface area contributed by atoms with E-state index < -0.39 is 0 Å². The smallest absolute Gasteiger partial charge is 0.261 e. The average molecular weight is 338 g/mol. The fraction of sp³-hybridized carbons (Fsp3) is 0.250. The molecule has 0 saturated heterocycles. The van der Waals surface area contributed by atoms with E-state index in [1.54, 1.807) is 11.3 Å². The Hall–Kier alpha value is -2.17. The molecule has 24 heavy (non-hydrogen) atoms. The van der Waals surface area contributed by atoms with Gasteiger partial charge in [-0.25, -0.2) is 0 Å². The highest BCUT2D eigenvalue weighted by Crippen LogP contribution is 2.30. The van der Waals surface area contributed by atoms with E-state index in [4.69, 9.17) is 0 Å². The maximum atomic E-state index is 12.7. The molecule has 3 aromatic rings. The number of carbonyl (C=O) groups excluding carboxylic acids is 1. The second-order valence-electron chi connectivity index (χ2n) is 6.15. The van der Waals surface area contributed by atoms with Gasteiger partial charge in [-0.3, -0.25) is 4.79 Å². The van der Waals surface area contributed by atoms with Crippen molar-refractivity contribution in [1.82, 2.24) is 10.2 Å². The van der Waals surface area contributed by atoms with Crippen molar-refractivity contribution < 1.29 is 4.79 Å². The molecule has 3 rings (SSSR count). The molecule has 124 valence electrons. The third-order valence-corrected chi connectivity index (χ3v) is 5.59. The van der Waals surface area contributed by atoms with Crippen LogP contribution in [0.25, 0.3) is 10.1 Å². The van der Waals surface area contributed by atoms with Crippen LogP contribution in [0.15, 0.2) is 54.6 Å². The summed E-state index contributed by atoms with van der Waals surface area (Å²) in [6.07, 6.45) is 0. The third-order valence-electron chi connectivity index (χ3n) is 4.31. The van der Waals surface area contributed by atoms with E-state index in [9.17, 15) is 4.79 Å². The molecule has 0 saturated carbocycles. The number of benzene rings is 2. The molecule has 0 fully saturated rings. The lowest BCUT2D eigenvalue weighted by atomic mass is 10.1. The van der Waals surface area contributed by atoms with Crippen molar-refractivity contribution in [3.05, 3.63) is 70.6 Å². The summed E-state index contributed by atoms with van der Waals surface area (Å²) in [6, 6.07) is 18.6. The Labute approximate surface area is 146 Å². The van der Waals surface area contributed by atoms with Crippen LogP contribution in [0.3, 0.4) is 0 Å². The number of hydrogen-bond acceptors (Lipinski definition) is 3. The van der Waals surface area contributed by atoms with Crippen molar-refractivity contribution in [3.63, 3.8) is 0 Å². The van der Waals surface area contributed by atoms with Crippen LogP contribution in [0.4, 0.5) is 0 Å². The molecule has 0 spiro atoms. The number of likely N-dealkylation sites (N-methyl/N-ethyl adjacent to an activating group) is 1. The van der Waals surface area contributed by atoms with Gasteiger partial charge in [0.25, 0.3) is 5.91 Å². The number of hydrogen-bond donors (Lipinski definition) is 1. The van der Waals surface area contributed by atoms with Crippen molar-refractivity contribution in [3.8, 4) is 0 Å². The molecule has 1 atom stereocenters. The zero-order valence-corrected chi connectivity index (χ0v) is 15.1. The number of nitrogens with zero attached hydrogens (tertiary/aromatic N) is 1. The van der Waals surface area contributed by atoms with Gasteiger partial charge in [-0.15, -0.1) is 11.3 Å². The quantitative estimate of drug-likeness (QED) is 0.754. The third kappa shape index (κ3) is 3.35. The van der Waals surface area contributed by atoms with Crippen LogP contribution in [-0.4, -0.2) is 31.4 Å². The number of fused-ring (bicyclic) bond motifs is 1. The normalized spacial score (nSPS) is 12.5. The predicted octanol–water partition coefficient (Wildman–Crippen LogP) is 4.24. The number of aryl methyl sites for hydroxylation is 1. The first kappa shape index (κ1) is 16.7. The SMILES string of the molecule is Cc1c(C(=O)NCC(c2ccccc2)N(C)C)sc2ccccc12. The van der Waals surface area contributed by atoms with Gasteiger partial charge < -0.3 is 10.2 Å². The van der Waals surface area contributed by atoms with E-state index in [1.807, 2.05) is 51.4 Å². The molecule has 0 radical (unpaired) electrons. The summed E-state index contributed by atoms with van der Waals surface area (Å²) < 4.78 is 1.16. The Morgan fingerprint density at radius 2 is 1.75 bits per heavy atom. The van der Waals surface area contributed by atoms with E-state index in [0.29, 0.717) is 6.54 Å². The summed E-state index contributed by atoms with van der Waals surface area (Å²) in [7, 11) is 4.07. The van der Waals surface area contributed by atoms with E-state index >= 15 is 0 Å². The number of nitrogens with one attached hydrogen (secondary N) is 1.